The average molecular weight is 235 g/mol. The van der Waals surface area contributed by atoms with E-state index in [1.165, 1.54) is 0 Å². The Kier molecular flexibility index (Phi) is 6.48. The van der Waals surface area contributed by atoms with E-state index in [2.05, 4.69) is 4.74 Å². The molecule has 0 aromatic carbocycles. The summed E-state index contributed by atoms with van der Waals surface area (Å²) in [6.07, 6.45) is 0. The molecule has 5 nitrogen and oxygen atoms in total. The zero-order valence-corrected chi connectivity index (χ0v) is 10.1. The monoisotopic (exact) mass is 235 g/mol. The first kappa shape index (κ1) is 14.4. The van der Waals surface area contributed by atoms with E-state index in [0.29, 0.717) is 0 Å². The summed E-state index contributed by atoms with van der Waals surface area (Å²) in [6, 6.07) is 0. The quantitative estimate of drug-likeness (QED) is 0.384. The van der Waals surface area contributed by atoms with Crippen LogP contribution in [0.15, 0.2) is 5.31 Å². The van der Waals surface area contributed by atoms with Crippen LogP contribution in [0.1, 0.15) is 20.8 Å². The fraction of sp³-hybridized carbons (Fsp3) is 0.667. The van der Waals surface area contributed by atoms with E-state index in [1.54, 1.807) is 20.8 Å². The van der Waals surface area contributed by atoms with Gasteiger partial charge in [0.1, 0.15) is 5.31 Å². The third kappa shape index (κ3) is 4.16. The highest BCUT2D eigenvalue weighted by Crippen LogP contribution is 2.55. The molecule has 0 spiro atoms. The lowest BCUT2D eigenvalue weighted by Crippen LogP contribution is -2.10. The minimum absolute atomic E-state index is 0.136. The normalized spacial score (nSPS) is 11.1. The van der Waals surface area contributed by atoms with Crippen LogP contribution in [-0.4, -0.2) is 25.8 Å². The van der Waals surface area contributed by atoms with E-state index in [1.807, 2.05) is 0 Å². The van der Waals surface area contributed by atoms with Crippen molar-refractivity contribution in [1.82, 2.24) is 0 Å². The average Bonchev–Trinajstić information content (AvgIpc) is 2.17. The lowest BCUT2D eigenvalue weighted by molar-refractivity contribution is -0.137. The maximum absolute atomic E-state index is 11.9. The van der Waals surface area contributed by atoms with Crippen LogP contribution < -0.4 is 0 Å². The smallest absolute Gasteiger partial charge is 0.368 e. The summed E-state index contributed by atoms with van der Waals surface area (Å²) >= 11 is 0. The first-order valence-electron chi connectivity index (χ1n) is 4.71. The minimum atomic E-state index is -3.68. The van der Waals surface area contributed by atoms with Crippen LogP contribution in [0.2, 0.25) is 0 Å². The molecule has 0 heterocycles. The molecule has 0 bridgehead atoms. The Hall–Kier alpha value is -0.640. The summed E-state index contributed by atoms with van der Waals surface area (Å²) in [5.41, 5.74) is 0. The van der Waals surface area contributed by atoms with Gasteiger partial charge in [-0.05, 0) is 27.4 Å². The molecule has 15 heavy (non-hydrogen) atoms. The number of esters is 1. The van der Waals surface area contributed by atoms with Crippen molar-refractivity contribution >= 4 is 13.6 Å². The highest BCUT2D eigenvalue weighted by atomic mass is 31.2. The topological polar surface area (TPSA) is 61.8 Å². The Morgan fingerprint density at radius 1 is 1.13 bits per heavy atom. The van der Waals surface area contributed by atoms with Gasteiger partial charge in [0.2, 0.25) is 0 Å². The van der Waals surface area contributed by atoms with Gasteiger partial charge in [-0.25, -0.2) is 4.79 Å². The highest BCUT2D eigenvalue weighted by Gasteiger charge is 2.34. The molecular weight excluding hydrogens is 219 g/mol. The van der Waals surface area contributed by atoms with Gasteiger partial charge in [-0.3, -0.25) is 4.57 Å². The fourth-order valence-electron chi connectivity index (χ4n) is 0.833. The van der Waals surface area contributed by atoms with E-state index >= 15 is 0 Å². The standard InChI is InChI=1S/C9H16O5P/c1-5-12-9(10)8(4)15(11,13-6-2)14-7-3/h4H,5-7H2,1-3H3. The summed E-state index contributed by atoms with van der Waals surface area (Å²) in [4.78, 5) is 11.2. The molecule has 0 saturated heterocycles. The van der Waals surface area contributed by atoms with Crippen molar-refractivity contribution in [2.24, 2.45) is 0 Å². The summed E-state index contributed by atoms with van der Waals surface area (Å²) in [5.74, 6) is -0.859. The fourth-order valence-corrected chi connectivity index (χ4v) is 2.15. The number of ether oxygens (including phenoxy) is 1. The van der Waals surface area contributed by atoms with Gasteiger partial charge in [0.15, 0.2) is 0 Å². The van der Waals surface area contributed by atoms with Crippen LogP contribution in [0.25, 0.3) is 0 Å². The second kappa shape index (κ2) is 6.77. The number of hydrogen-bond donors (Lipinski definition) is 0. The predicted molar refractivity (Wildman–Crippen MR) is 55.3 cm³/mol. The third-order valence-electron chi connectivity index (χ3n) is 1.38. The van der Waals surface area contributed by atoms with Gasteiger partial charge in [-0.2, -0.15) is 0 Å². The zero-order valence-electron chi connectivity index (χ0n) is 9.19. The minimum Gasteiger partial charge on any atom is -0.462 e. The van der Waals surface area contributed by atoms with Crippen molar-refractivity contribution in [2.45, 2.75) is 20.8 Å². The van der Waals surface area contributed by atoms with Gasteiger partial charge in [0, 0.05) is 0 Å². The number of hydrogen-bond acceptors (Lipinski definition) is 5. The van der Waals surface area contributed by atoms with Crippen molar-refractivity contribution in [3.63, 3.8) is 0 Å². The molecule has 0 atom stereocenters. The second-order valence-corrected chi connectivity index (χ2v) is 4.43. The molecule has 0 aromatic rings. The molecule has 0 rings (SSSR count). The maximum atomic E-state index is 11.9. The van der Waals surface area contributed by atoms with Crippen LogP contribution in [0, 0.1) is 6.58 Å². The summed E-state index contributed by atoms with van der Waals surface area (Å²) < 4.78 is 26.3. The van der Waals surface area contributed by atoms with E-state index in [0.717, 1.165) is 0 Å². The molecule has 0 aliphatic heterocycles. The van der Waals surface area contributed by atoms with E-state index in [-0.39, 0.29) is 19.8 Å². The number of rotatable bonds is 7. The molecule has 0 amide bonds. The van der Waals surface area contributed by atoms with Gasteiger partial charge in [-0.15, -0.1) is 0 Å². The van der Waals surface area contributed by atoms with Crippen LogP contribution in [0.3, 0.4) is 0 Å². The molecule has 0 aromatic heterocycles. The van der Waals surface area contributed by atoms with E-state index < -0.39 is 18.9 Å². The van der Waals surface area contributed by atoms with Crippen molar-refractivity contribution in [1.29, 1.82) is 0 Å². The zero-order chi connectivity index (χ0) is 11.9. The lowest BCUT2D eigenvalue weighted by atomic mass is 10.6. The maximum Gasteiger partial charge on any atom is 0.368 e. The van der Waals surface area contributed by atoms with Crippen LogP contribution in [0.4, 0.5) is 0 Å². The Morgan fingerprint density at radius 2 is 1.60 bits per heavy atom. The molecule has 0 N–H and O–H groups in total. The van der Waals surface area contributed by atoms with Gasteiger partial charge in [0.25, 0.3) is 0 Å². The Morgan fingerprint density at radius 3 is 1.93 bits per heavy atom. The van der Waals surface area contributed by atoms with Gasteiger partial charge < -0.3 is 13.8 Å². The van der Waals surface area contributed by atoms with Crippen molar-refractivity contribution in [2.75, 3.05) is 19.8 Å². The van der Waals surface area contributed by atoms with Crippen LogP contribution >= 0.6 is 7.60 Å². The van der Waals surface area contributed by atoms with E-state index in [4.69, 9.17) is 15.6 Å². The Bertz CT molecular complexity index is 264. The highest BCUT2D eigenvalue weighted by molar-refractivity contribution is 7.59. The van der Waals surface area contributed by atoms with Crippen LogP contribution in [0.5, 0.6) is 0 Å². The van der Waals surface area contributed by atoms with Gasteiger partial charge in [0.05, 0.1) is 19.8 Å². The largest absolute Gasteiger partial charge is 0.462 e. The Labute approximate surface area is 89.9 Å². The molecule has 0 saturated carbocycles. The third-order valence-corrected chi connectivity index (χ3v) is 3.35. The van der Waals surface area contributed by atoms with Crippen molar-refractivity contribution in [3.05, 3.63) is 11.9 Å². The molecular formula is C9H16O5P. The molecule has 0 aliphatic carbocycles. The second-order valence-electron chi connectivity index (χ2n) is 2.44. The lowest BCUT2D eigenvalue weighted by Gasteiger charge is -2.17. The van der Waals surface area contributed by atoms with Crippen molar-refractivity contribution < 1.29 is 23.1 Å². The molecule has 87 valence electrons. The molecule has 0 aliphatic rings. The molecule has 0 unspecified atom stereocenters. The molecule has 6 heteroatoms. The van der Waals surface area contributed by atoms with Gasteiger partial charge in [-0.1, -0.05) is 0 Å². The van der Waals surface area contributed by atoms with E-state index in [9.17, 15) is 9.36 Å². The first-order chi connectivity index (χ1) is 7.01. The predicted octanol–water partition coefficient (Wildman–Crippen LogP) is 2.13. The van der Waals surface area contributed by atoms with Crippen LogP contribution in [-0.2, 0) is 23.1 Å². The van der Waals surface area contributed by atoms with Crippen molar-refractivity contribution in [3.8, 4) is 0 Å². The number of carbonyl (C=O) groups excluding carboxylic acids is 1. The molecule has 1 radical (unpaired) electrons. The summed E-state index contributed by atoms with van der Waals surface area (Å²) in [6.45, 7) is 10.7. The van der Waals surface area contributed by atoms with Gasteiger partial charge >= 0.3 is 13.6 Å². The molecule has 0 fully saturated rings. The number of carbonyl (C=O) groups is 1. The first-order valence-corrected chi connectivity index (χ1v) is 6.25. The SMILES string of the molecule is [CH]=C(C(=O)OCC)P(=O)(OCC)OCC. The summed E-state index contributed by atoms with van der Waals surface area (Å²) in [5, 5.41) is -0.506. The summed E-state index contributed by atoms with van der Waals surface area (Å²) in [7, 11) is -3.68. The Balaban J connectivity index is 4.69.